The van der Waals surface area contributed by atoms with E-state index in [9.17, 15) is 9.59 Å². The second kappa shape index (κ2) is 8.02. The molecule has 2 aliphatic rings. The number of carbonyl (C=O) groups is 1. The molecule has 4 rings (SSSR count). The Morgan fingerprint density at radius 3 is 2.71 bits per heavy atom. The van der Waals surface area contributed by atoms with Crippen LogP contribution in [-0.4, -0.2) is 35.9 Å². The van der Waals surface area contributed by atoms with E-state index >= 15 is 4.39 Å². The third-order valence-corrected chi connectivity index (χ3v) is 5.83. The fraction of sp³-hybridized carbons (Fsp3) is 0.500. The summed E-state index contributed by atoms with van der Waals surface area (Å²) in [6.07, 6.45) is 3.97. The number of rotatable bonds is 5. The van der Waals surface area contributed by atoms with Crippen LogP contribution in [0.4, 0.5) is 14.9 Å². The molecule has 1 amide bonds. The second-order valence-corrected chi connectivity index (χ2v) is 9.52. The highest BCUT2D eigenvalue weighted by atomic mass is 19.1. The largest absolute Gasteiger partial charge is 0.444 e. The van der Waals surface area contributed by atoms with E-state index in [0.717, 1.165) is 24.8 Å². The minimum Gasteiger partial charge on any atom is -0.444 e. The molecule has 31 heavy (non-hydrogen) atoms. The fourth-order valence-electron chi connectivity index (χ4n) is 4.37. The van der Waals surface area contributed by atoms with Crippen LogP contribution in [0.5, 0.6) is 0 Å². The Bertz CT molecular complexity index is 1080. The lowest BCUT2D eigenvalue weighted by Gasteiger charge is -2.24. The number of anilines is 1. The molecule has 1 saturated carbocycles. The number of hydrogen-bond acceptors (Lipinski definition) is 4. The lowest BCUT2D eigenvalue weighted by molar-refractivity contribution is 0.0520. The van der Waals surface area contributed by atoms with Gasteiger partial charge in [0.2, 0.25) is 0 Å². The molecule has 1 aromatic heterocycles. The number of carbonyl (C=O) groups excluding carboxylic acids is 1. The average Bonchev–Trinajstić information content (AvgIpc) is 3.41. The molecule has 0 bridgehead atoms. The van der Waals surface area contributed by atoms with Gasteiger partial charge >= 0.3 is 6.09 Å². The summed E-state index contributed by atoms with van der Waals surface area (Å²) in [6.45, 7) is 11.2. The van der Waals surface area contributed by atoms with Crippen LogP contribution in [0.3, 0.4) is 0 Å². The molecule has 0 radical (unpaired) electrons. The van der Waals surface area contributed by atoms with E-state index in [1.54, 1.807) is 16.7 Å². The zero-order valence-corrected chi connectivity index (χ0v) is 18.4. The van der Waals surface area contributed by atoms with Gasteiger partial charge in [-0.05, 0) is 58.1 Å². The van der Waals surface area contributed by atoms with Gasteiger partial charge in [0.15, 0.2) is 0 Å². The van der Waals surface area contributed by atoms with Crippen molar-refractivity contribution < 1.29 is 13.9 Å². The van der Waals surface area contributed by atoms with Gasteiger partial charge < -0.3 is 19.5 Å². The Kier molecular flexibility index (Phi) is 5.54. The molecule has 1 aromatic carbocycles. The number of pyridine rings is 1. The lowest BCUT2D eigenvalue weighted by atomic mass is 10.0. The van der Waals surface area contributed by atoms with Crippen LogP contribution in [-0.2, 0) is 4.74 Å². The van der Waals surface area contributed by atoms with Crippen LogP contribution in [0.2, 0.25) is 0 Å². The first-order valence-corrected chi connectivity index (χ1v) is 10.9. The van der Waals surface area contributed by atoms with E-state index in [2.05, 4.69) is 11.9 Å². The maximum absolute atomic E-state index is 15.2. The number of ether oxygens (including phenoxy) is 1. The first-order chi connectivity index (χ1) is 14.7. The van der Waals surface area contributed by atoms with Crippen LogP contribution in [0.25, 0.3) is 17.0 Å². The van der Waals surface area contributed by atoms with Crippen LogP contribution in [0.1, 0.15) is 51.6 Å². The fourth-order valence-corrected chi connectivity index (χ4v) is 4.37. The molecule has 1 atom stereocenters. The highest BCUT2D eigenvalue weighted by molar-refractivity contribution is 5.94. The van der Waals surface area contributed by atoms with Gasteiger partial charge in [0.25, 0.3) is 5.56 Å². The third-order valence-electron chi connectivity index (χ3n) is 5.83. The van der Waals surface area contributed by atoms with Gasteiger partial charge in [-0.3, -0.25) is 4.79 Å². The van der Waals surface area contributed by atoms with Gasteiger partial charge in [-0.2, -0.15) is 0 Å². The van der Waals surface area contributed by atoms with E-state index in [0.29, 0.717) is 36.3 Å². The average molecular weight is 428 g/mol. The Morgan fingerprint density at radius 2 is 2.06 bits per heavy atom. The van der Waals surface area contributed by atoms with Gasteiger partial charge in [0.05, 0.1) is 11.2 Å². The molecule has 2 heterocycles. The van der Waals surface area contributed by atoms with E-state index in [4.69, 9.17) is 4.74 Å². The standard InChI is InChI=1S/C24H30FN3O3/c1-5-18-21-16(6-9-20(29)28(21)17-7-8-17)12-19(25)22(18)27-11-10-15(14-27)13-26-23(30)31-24(2,3)4/h5-6,9,12,15,17H,1,7-8,10-11,13-14H2,2-4H3,(H,26,30). The van der Waals surface area contributed by atoms with Crippen LogP contribution < -0.4 is 15.8 Å². The first-order valence-electron chi connectivity index (χ1n) is 10.9. The van der Waals surface area contributed by atoms with Crippen molar-refractivity contribution in [2.75, 3.05) is 24.5 Å². The highest BCUT2D eigenvalue weighted by Gasteiger charge is 2.31. The molecule has 1 N–H and O–H groups in total. The summed E-state index contributed by atoms with van der Waals surface area (Å²) in [5.41, 5.74) is 1.31. The number of nitrogens with one attached hydrogen (secondary N) is 1. The number of nitrogens with zero attached hydrogens (tertiary/aromatic N) is 2. The van der Waals surface area contributed by atoms with Crippen molar-refractivity contribution in [1.29, 1.82) is 0 Å². The summed E-state index contributed by atoms with van der Waals surface area (Å²) in [5, 5.41) is 3.53. The number of alkyl carbamates (subject to hydrolysis) is 1. The zero-order valence-electron chi connectivity index (χ0n) is 18.4. The molecular weight excluding hydrogens is 397 g/mol. The SMILES string of the molecule is C=Cc1c(N2CCC(CNC(=O)OC(C)(C)C)C2)c(F)cc2ccc(=O)n(C3CC3)c12. The second-order valence-electron chi connectivity index (χ2n) is 9.52. The molecule has 1 saturated heterocycles. The monoisotopic (exact) mass is 427 g/mol. The molecule has 1 aliphatic heterocycles. The highest BCUT2D eigenvalue weighted by Crippen LogP contribution is 2.40. The first kappa shape index (κ1) is 21.4. The van der Waals surface area contributed by atoms with Crippen molar-refractivity contribution in [3.63, 3.8) is 0 Å². The number of benzene rings is 1. The summed E-state index contributed by atoms with van der Waals surface area (Å²) in [7, 11) is 0. The molecular formula is C24H30FN3O3. The summed E-state index contributed by atoms with van der Waals surface area (Å²) in [6, 6.07) is 4.90. The van der Waals surface area contributed by atoms with Gasteiger partial charge in [-0.25, -0.2) is 9.18 Å². The topological polar surface area (TPSA) is 63.6 Å². The van der Waals surface area contributed by atoms with Gasteiger partial charge in [0.1, 0.15) is 11.4 Å². The van der Waals surface area contributed by atoms with E-state index in [1.165, 1.54) is 12.1 Å². The van der Waals surface area contributed by atoms with Crippen LogP contribution >= 0.6 is 0 Å². The molecule has 2 fully saturated rings. The van der Waals surface area contributed by atoms with Crippen LogP contribution in [0, 0.1) is 11.7 Å². The predicted octanol–water partition coefficient (Wildman–Crippen LogP) is 4.47. The molecule has 6 nitrogen and oxygen atoms in total. The maximum Gasteiger partial charge on any atom is 0.407 e. The Hall–Kier alpha value is -2.83. The summed E-state index contributed by atoms with van der Waals surface area (Å²) >= 11 is 0. The van der Waals surface area contributed by atoms with Gasteiger partial charge in [0, 0.05) is 42.7 Å². The molecule has 166 valence electrons. The molecule has 7 heteroatoms. The number of aromatic nitrogens is 1. The van der Waals surface area contributed by atoms with E-state index in [1.807, 2.05) is 25.7 Å². The van der Waals surface area contributed by atoms with Crippen molar-refractivity contribution in [2.45, 2.75) is 51.7 Å². The minimum absolute atomic E-state index is 0.0588. The maximum atomic E-state index is 15.2. The van der Waals surface area contributed by atoms with E-state index < -0.39 is 11.7 Å². The van der Waals surface area contributed by atoms with Crippen molar-refractivity contribution in [2.24, 2.45) is 5.92 Å². The number of halogens is 1. The Morgan fingerprint density at radius 1 is 1.32 bits per heavy atom. The number of hydrogen-bond donors (Lipinski definition) is 1. The van der Waals surface area contributed by atoms with E-state index in [-0.39, 0.29) is 23.3 Å². The summed E-state index contributed by atoms with van der Waals surface area (Å²) < 4.78 is 22.3. The molecule has 1 unspecified atom stereocenters. The number of fused-ring (bicyclic) bond motifs is 1. The molecule has 1 aliphatic carbocycles. The summed E-state index contributed by atoms with van der Waals surface area (Å²) in [5.74, 6) is -0.133. The smallest absolute Gasteiger partial charge is 0.407 e. The zero-order chi connectivity index (χ0) is 22.3. The minimum atomic E-state index is -0.545. The van der Waals surface area contributed by atoms with Crippen molar-refractivity contribution in [3.05, 3.63) is 46.5 Å². The lowest BCUT2D eigenvalue weighted by Crippen LogP contribution is -2.36. The van der Waals surface area contributed by atoms with Gasteiger partial charge in [-0.1, -0.05) is 12.7 Å². The molecule has 0 spiro atoms. The third kappa shape index (κ3) is 4.45. The van der Waals surface area contributed by atoms with Crippen molar-refractivity contribution in [3.8, 4) is 0 Å². The predicted molar refractivity (Wildman–Crippen MR) is 121 cm³/mol. The summed E-state index contributed by atoms with van der Waals surface area (Å²) in [4.78, 5) is 26.5. The normalized spacial score (nSPS) is 19.0. The van der Waals surface area contributed by atoms with Crippen molar-refractivity contribution >= 4 is 28.8 Å². The van der Waals surface area contributed by atoms with Gasteiger partial charge in [-0.15, -0.1) is 0 Å². The Balaban J connectivity index is 1.59. The Labute approximate surface area is 181 Å². The molecule has 2 aromatic rings. The van der Waals surface area contributed by atoms with Crippen molar-refractivity contribution in [1.82, 2.24) is 9.88 Å². The van der Waals surface area contributed by atoms with Crippen LogP contribution in [0.15, 0.2) is 29.6 Å². The number of amides is 1. The quantitative estimate of drug-likeness (QED) is 0.765.